The number of hydrogen-bond acceptors (Lipinski definition) is 4. The van der Waals surface area contributed by atoms with Crippen molar-refractivity contribution in [3.63, 3.8) is 0 Å². The standard InChI is InChI=1S/C18H28N4OS/c1-5-16(11-15-9-7-14(3)8-10-15)21(6-2)13-22-18(24)20(4)17(12-23)19-22/h7-10,16,23H,5-6,11-13H2,1-4H3. The van der Waals surface area contributed by atoms with Crippen molar-refractivity contribution in [3.05, 3.63) is 46.0 Å². The van der Waals surface area contributed by atoms with Crippen LogP contribution in [-0.4, -0.2) is 36.9 Å². The maximum Gasteiger partial charge on any atom is 0.198 e. The Hall–Kier alpha value is -1.50. The van der Waals surface area contributed by atoms with Crippen molar-refractivity contribution in [1.82, 2.24) is 19.2 Å². The molecule has 0 aliphatic rings. The minimum Gasteiger partial charge on any atom is -0.388 e. The molecule has 1 unspecified atom stereocenters. The SMILES string of the molecule is CCC(Cc1ccc(C)cc1)N(CC)Cn1nc(CO)n(C)c1=S. The number of aryl methyl sites for hydroxylation is 1. The van der Waals surface area contributed by atoms with Crippen molar-refractivity contribution >= 4 is 12.2 Å². The molecule has 0 fully saturated rings. The Balaban J connectivity index is 2.16. The number of nitrogens with zero attached hydrogens (tertiary/aromatic N) is 4. The summed E-state index contributed by atoms with van der Waals surface area (Å²) in [4.78, 5) is 2.39. The van der Waals surface area contributed by atoms with Gasteiger partial charge in [-0.05, 0) is 44.1 Å². The Kier molecular flexibility index (Phi) is 6.71. The summed E-state index contributed by atoms with van der Waals surface area (Å²) < 4.78 is 4.22. The molecule has 24 heavy (non-hydrogen) atoms. The highest BCUT2D eigenvalue weighted by Gasteiger charge is 2.18. The normalized spacial score (nSPS) is 12.8. The summed E-state index contributed by atoms with van der Waals surface area (Å²) in [5.41, 5.74) is 2.64. The number of likely N-dealkylation sites (N-methyl/N-ethyl adjacent to an activating group) is 1. The minimum absolute atomic E-state index is 0.0974. The molecular formula is C18H28N4OS. The average molecular weight is 349 g/mol. The zero-order chi connectivity index (χ0) is 17.7. The summed E-state index contributed by atoms with van der Waals surface area (Å²) in [5, 5.41) is 13.8. The number of aliphatic hydroxyl groups is 1. The van der Waals surface area contributed by atoms with Gasteiger partial charge in [0.2, 0.25) is 0 Å². The number of hydrogen-bond donors (Lipinski definition) is 1. The summed E-state index contributed by atoms with van der Waals surface area (Å²) in [6.45, 7) is 7.97. The van der Waals surface area contributed by atoms with Crippen molar-refractivity contribution < 1.29 is 5.11 Å². The third kappa shape index (κ3) is 4.32. The van der Waals surface area contributed by atoms with Gasteiger partial charge >= 0.3 is 0 Å². The molecular weight excluding hydrogens is 320 g/mol. The third-order valence-electron chi connectivity index (χ3n) is 4.57. The first-order valence-electron chi connectivity index (χ1n) is 8.53. The second-order valence-electron chi connectivity index (χ2n) is 6.21. The first kappa shape index (κ1) is 18.8. The Bertz CT molecular complexity index is 705. The van der Waals surface area contributed by atoms with Crippen LogP contribution in [0.2, 0.25) is 0 Å². The van der Waals surface area contributed by atoms with Gasteiger partial charge in [0, 0.05) is 13.1 Å². The van der Waals surface area contributed by atoms with Gasteiger partial charge in [-0.2, -0.15) is 5.10 Å². The predicted molar refractivity (Wildman–Crippen MR) is 99.3 cm³/mol. The Morgan fingerprint density at radius 3 is 2.42 bits per heavy atom. The van der Waals surface area contributed by atoms with Crippen molar-refractivity contribution in [1.29, 1.82) is 0 Å². The lowest BCUT2D eigenvalue weighted by Gasteiger charge is -2.30. The number of benzene rings is 1. The molecule has 1 heterocycles. The quantitative estimate of drug-likeness (QED) is 0.745. The molecule has 0 spiro atoms. The lowest BCUT2D eigenvalue weighted by Crippen LogP contribution is -2.38. The number of aromatic nitrogens is 3. The highest BCUT2D eigenvalue weighted by atomic mass is 32.1. The summed E-state index contributed by atoms with van der Waals surface area (Å²) in [6.07, 6.45) is 2.08. The Morgan fingerprint density at radius 2 is 1.92 bits per heavy atom. The molecule has 5 nitrogen and oxygen atoms in total. The van der Waals surface area contributed by atoms with Gasteiger partial charge in [-0.1, -0.05) is 43.7 Å². The summed E-state index contributed by atoms with van der Waals surface area (Å²) in [7, 11) is 1.84. The fourth-order valence-corrected chi connectivity index (χ4v) is 3.14. The van der Waals surface area contributed by atoms with E-state index in [9.17, 15) is 5.11 Å². The van der Waals surface area contributed by atoms with Crippen LogP contribution >= 0.6 is 12.2 Å². The summed E-state index contributed by atoms with van der Waals surface area (Å²) in [6, 6.07) is 9.19. The molecule has 0 radical (unpaired) electrons. The van der Waals surface area contributed by atoms with E-state index < -0.39 is 0 Å². The van der Waals surface area contributed by atoms with Gasteiger partial charge in [-0.15, -0.1) is 0 Å². The zero-order valence-electron chi connectivity index (χ0n) is 15.1. The van der Waals surface area contributed by atoms with E-state index >= 15 is 0 Å². The molecule has 0 saturated heterocycles. The highest BCUT2D eigenvalue weighted by molar-refractivity contribution is 7.71. The van der Waals surface area contributed by atoms with Gasteiger partial charge in [0.1, 0.15) is 6.61 Å². The predicted octanol–water partition coefficient (Wildman–Crippen LogP) is 3.05. The van der Waals surface area contributed by atoms with E-state index in [1.807, 2.05) is 11.7 Å². The fourth-order valence-electron chi connectivity index (χ4n) is 2.94. The van der Waals surface area contributed by atoms with Crippen LogP contribution in [0.1, 0.15) is 37.2 Å². The molecule has 0 aliphatic heterocycles. The summed E-state index contributed by atoms with van der Waals surface area (Å²) in [5.74, 6) is 0.600. The van der Waals surface area contributed by atoms with E-state index in [-0.39, 0.29) is 6.61 Å². The van der Waals surface area contributed by atoms with Crippen molar-refractivity contribution in [3.8, 4) is 0 Å². The topological polar surface area (TPSA) is 46.2 Å². The van der Waals surface area contributed by atoms with Crippen LogP contribution in [0.15, 0.2) is 24.3 Å². The largest absolute Gasteiger partial charge is 0.388 e. The summed E-state index contributed by atoms with van der Waals surface area (Å²) >= 11 is 5.44. The molecule has 0 saturated carbocycles. The maximum atomic E-state index is 9.36. The van der Waals surface area contributed by atoms with Gasteiger partial charge in [0.15, 0.2) is 10.6 Å². The van der Waals surface area contributed by atoms with Gasteiger partial charge in [0.25, 0.3) is 0 Å². The van der Waals surface area contributed by atoms with Crippen LogP contribution in [0.4, 0.5) is 0 Å². The molecule has 0 bridgehead atoms. The smallest absolute Gasteiger partial charge is 0.198 e. The van der Waals surface area contributed by atoms with E-state index in [0.717, 1.165) is 19.4 Å². The fraction of sp³-hybridized carbons (Fsp3) is 0.556. The average Bonchev–Trinajstić information content (AvgIpc) is 2.87. The van der Waals surface area contributed by atoms with Crippen molar-refractivity contribution in [2.24, 2.45) is 7.05 Å². The number of aliphatic hydroxyl groups excluding tert-OH is 1. The minimum atomic E-state index is -0.0974. The lowest BCUT2D eigenvalue weighted by molar-refractivity contribution is 0.144. The van der Waals surface area contributed by atoms with Gasteiger partial charge in [-0.25, -0.2) is 4.68 Å². The van der Waals surface area contributed by atoms with Crippen LogP contribution in [0, 0.1) is 11.7 Å². The van der Waals surface area contributed by atoms with Crippen LogP contribution in [0.3, 0.4) is 0 Å². The molecule has 1 atom stereocenters. The van der Waals surface area contributed by atoms with Crippen LogP contribution in [-0.2, 0) is 26.7 Å². The molecule has 6 heteroatoms. The third-order valence-corrected chi connectivity index (χ3v) is 5.06. The van der Waals surface area contributed by atoms with E-state index in [0.29, 0.717) is 23.3 Å². The molecule has 0 aliphatic carbocycles. The zero-order valence-corrected chi connectivity index (χ0v) is 15.9. The Labute approximate surface area is 149 Å². The van der Waals surface area contributed by atoms with E-state index in [4.69, 9.17) is 12.2 Å². The van der Waals surface area contributed by atoms with Crippen molar-refractivity contribution in [2.75, 3.05) is 6.54 Å². The van der Waals surface area contributed by atoms with Crippen LogP contribution in [0.5, 0.6) is 0 Å². The Morgan fingerprint density at radius 1 is 1.25 bits per heavy atom. The highest BCUT2D eigenvalue weighted by Crippen LogP contribution is 2.14. The first-order chi connectivity index (χ1) is 11.5. The lowest BCUT2D eigenvalue weighted by atomic mass is 10.0. The second-order valence-corrected chi connectivity index (χ2v) is 6.58. The number of rotatable bonds is 8. The van der Waals surface area contributed by atoms with Crippen LogP contribution in [0.25, 0.3) is 0 Å². The van der Waals surface area contributed by atoms with Crippen LogP contribution < -0.4 is 0 Å². The molecule has 1 aromatic carbocycles. The second kappa shape index (κ2) is 8.55. The molecule has 0 amide bonds. The van der Waals surface area contributed by atoms with Gasteiger partial charge in [-0.3, -0.25) is 4.90 Å². The van der Waals surface area contributed by atoms with E-state index in [1.165, 1.54) is 11.1 Å². The molecule has 2 rings (SSSR count). The first-order valence-corrected chi connectivity index (χ1v) is 8.94. The van der Waals surface area contributed by atoms with Gasteiger partial charge < -0.3 is 9.67 Å². The van der Waals surface area contributed by atoms with E-state index in [2.05, 4.69) is 55.0 Å². The molecule has 1 aromatic heterocycles. The molecule has 132 valence electrons. The molecule has 1 N–H and O–H groups in total. The monoisotopic (exact) mass is 348 g/mol. The van der Waals surface area contributed by atoms with Crippen molar-refractivity contribution in [2.45, 2.75) is 52.9 Å². The molecule has 2 aromatic rings. The van der Waals surface area contributed by atoms with Gasteiger partial charge in [0.05, 0.1) is 6.67 Å². The van der Waals surface area contributed by atoms with E-state index in [1.54, 1.807) is 4.57 Å². The maximum absolute atomic E-state index is 9.36.